The summed E-state index contributed by atoms with van der Waals surface area (Å²) in [5, 5.41) is 3.03. The number of rotatable bonds is 4. The molecule has 1 amide bonds. The maximum atomic E-state index is 13.8. The van der Waals surface area contributed by atoms with Gasteiger partial charge in [0.25, 0.3) is 0 Å². The standard InChI is InChI=1S/C18H19FN2OS.ClH/c19-14-6-3-5-13-16(10-11-23-18(13)14)21-17(22)9-8-12-4-1-2-7-15(12)20;/h1-7,16H,8-11,20H2,(H,21,22);1H. The molecule has 0 fully saturated rings. The van der Waals surface area contributed by atoms with Crippen molar-refractivity contribution in [1.29, 1.82) is 0 Å². The van der Waals surface area contributed by atoms with Gasteiger partial charge in [0, 0.05) is 22.8 Å². The predicted molar refractivity (Wildman–Crippen MR) is 99.0 cm³/mol. The fourth-order valence-corrected chi connectivity index (χ4v) is 3.95. The lowest BCUT2D eigenvalue weighted by Crippen LogP contribution is -2.31. The molecule has 1 unspecified atom stereocenters. The molecule has 128 valence electrons. The third-order valence-corrected chi connectivity index (χ3v) is 5.20. The number of aryl methyl sites for hydroxylation is 1. The summed E-state index contributed by atoms with van der Waals surface area (Å²) in [6.45, 7) is 0. The first kappa shape index (κ1) is 18.6. The van der Waals surface area contributed by atoms with E-state index in [-0.39, 0.29) is 30.2 Å². The van der Waals surface area contributed by atoms with Crippen molar-refractivity contribution in [3.8, 4) is 0 Å². The Morgan fingerprint density at radius 1 is 1.25 bits per heavy atom. The summed E-state index contributed by atoms with van der Waals surface area (Å²) in [6, 6.07) is 12.5. The topological polar surface area (TPSA) is 55.1 Å². The van der Waals surface area contributed by atoms with Crippen LogP contribution >= 0.6 is 24.2 Å². The van der Waals surface area contributed by atoms with Crippen molar-refractivity contribution in [2.45, 2.75) is 30.2 Å². The molecule has 0 saturated heterocycles. The van der Waals surface area contributed by atoms with E-state index in [2.05, 4.69) is 5.32 Å². The first-order valence-electron chi connectivity index (χ1n) is 7.69. The molecule has 0 saturated carbocycles. The Morgan fingerprint density at radius 3 is 2.83 bits per heavy atom. The number of benzene rings is 2. The molecule has 3 nitrogen and oxygen atoms in total. The van der Waals surface area contributed by atoms with Crippen LogP contribution in [0.2, 0.25) is 0 Å². The van der Waals surface area contributed by atoms with Gasteiger partial charge < -0.3 is 11.1 Å². The molecule has 0 radical (unpaired) electrons. The molecule has 1 aliphatic heterocycles. The average Bonchev–Trinajstić information content (AvgIpc) is 2.55. The van der Waals surface area contributed by atoms with Crippen LogP contribution in [0.4, 0.5) is 10.1 Å². The Balaban J connectivity index is 0.00000208. The number of nitrogen functional groups attached to an aromatic ring is 1. The van der Waals surface area contributed by atoms with E-state index in [1.807, 2.05) is 30.3 Å². The predicted octanol–water partition coefficient (Wildman–Crippen LogP) is 4.12. The van der Waals surface area contributed by atoms with Gasteiger partial charge in [-0.25, -0.2) is 4.39 Å². The van der Waals surface area contributed by atoms with Gasteiger partial charge in [0.1, 0.15) is 5.82 Å². The van der Waals surface area contributed by atoms with Crippen molar-refractivity contribution in [3.63, 3.8) is 0 Å². The number of carbonyl (C=O) groups is 1. The number of carbonyl (C=O) groups excluding carboxylic acids is 1. The van der Waals surface area contributed by atoms with E-state index in [4.69, 9.17) is 5.73 Å². The molecule has 0 aliphatic carbocycles. The van der Waals surface area contributed by atoms with Crippen LogP contribution in [-0.2, 0) is 11.2 Å². The molecule has 3 N–H and O–H groups in total. The molecule has 2 aromatic rings. The number of amides is 1. The van der Waals surface area contributed by atoms with Crippen molar-refractivity contribution in [3.05, 3.63) is 59.4 Å². The lowest BCUT2D eigenvalue weighted by molar-refractivity contribution is -0.121. The summed E-state index contributed by atoms with van der Waals surface area (Å²) in [4.78, 5) is 12.9. The zero-order valence-corrected chi connectivity index (χ0v) is 14.8. The molecule has 1 heterocycles. The quantitative estimate of drug-likeness (QED) is 0.800. The fourth-order valence-electron chi connectivity index (χ4n) is 2.81. The number of nitrogens with one attached hydrogen (secondary N) is 1. The van der Waals surface area contributed by atoms with Gasteiger partial charge in [-0.1, -0.05) is 30.3 Å². The van der Waals surface area contributed by atoms with Gasteiger partial charge in [0.15, 0.2) is 0 Å². The summed E-state index contributed by atoms with van der Waals surface area (Å²) >= 11 is 1.52. The van der Waals surface area contributed by atoms with Gasteiger partial charge in [-0.05, 0) is 36.1 Å². The minimum atomic E-state index is -0.205. The Morgan fingerprint density at radius 2 is 2.04 bits per heavy atom. The molecular formula is C18H20ClFN2OS. The molecule has 0 aromatic heterocycles. The molecular weight excluding hydrogens is 347 g/mol. The Labute approximate surface area is 151 Å². The van der Waals surface area contributed by atoms with Crippen molar-refractivity contribution in [2.24, 2.45) is 0 Å². The second kappa shape index (κ2) is 8.40. The highest BCUT2D eigenvalue weighted by atomic mass is 35.5. The van der Waals surface area contributed by atoms with Crippen LogP contribution in [0.5, 0.6) is 0 Å². The molecule has 0 spiro atoms. The van der Waals surface area contributed by atoms with Crippen molar-refractivity contribution >= 4 is 35.8 Å². The highest BCUT2D eigenvalue weighted by molar-refractivity contribution is 7.99. The van der Waals surface area contributed by atoms with Gasteiger partial charge in [-0.2, -0.15) is 0 Å². The second-order valence-electron chi connectivity index (χ2n) is 5.61. The van der Waals surface area contributed by atoms with Gasteiger partial charge in [-0.15, -0.1) is 24.2 Å². The number of hydrogen-bond donors (Lipinski definition) is 2. The van der Waals surface area contributed by atoms with Gasteiger partial charge in [0.2, 0.25) is 5.91 Å². The average molecular weight is 367 g/mol. The maximum Gasteiger partial charge on any atom is 0.220 e. The highest BCUT2D eigenvalue weighted by Crippen LogP contribution is 2.37. The van der Waals surface area contributed by atoms with Crippen LogP contribution in [0.3, 0.4) is 0 Å². The Kier molecular flexibility index (Phi) is 6.52. The summed E-state index contributed by atoms with van der Waals surface area (Å²) in [5.41, 5.74) is 8.47. The zero-order valence-electron chi connectivity index (χ0n) is 13.1. The van der Waals surface area contributed by atoms with Gasteiger partial charge >= 0.3 is 0 Å². The third kappa shape index (κ3) is 4.22. The van der Waals surface area contributed by atoms with E-state index in [1.54, 1.807) is 6.07 Å². The smallest absolute Gasteiger partial charge is 0.220 e. The number of thioether (sulfide) groups is 1. The van der Waals surface area contributed by atoms with E-state index in [9.17, 15) is 9.18 Å². The van der Waals surface area contributed by atoms with Crippen LogP contribution in [-0.4, -0.2) is 11.7 Å². The normalized spacial score (nSPS) is 16.0. The maximum absolute atomic E-state index is 13.8. The number of anilines is 1. The fraction of sp³-hybridized carbons (Fsp3) is 0.278. The first-order valence-corrected chi connectivity index (χ1v) is 8.67. The third-order valence-electron chi connectivity index (χ3n) is 4.04. The summed E-state index contributed by atoms with van der Waals surface area (Å²) < 4.78 is 13.8. The molecule has 3 rings (SSSR count). The lowest BCUT2D eigenvalue weighted by Gasteiger charge is -2.26. The molecule has 6 heteroatoms. The number of fused-ring (bicyclic) bond motifs is 1. The minimum absolute atomic E-state index is 0. The summed E-state index contributed by atoms with van der Waals surface area (Å²) in [6.07, 6.45) is 1.80. The van der Waals surface area contributed by atoms with E-state index in [1.165, 1.54) is 17.8 Å². The van der Waals surface area contributed by atoms with E-state index in [0.717, 1.165) is 23.3 Å². The van der Waals surface area contributed by atoms with E-state index < -0.39 is 0 Å². The van der Waals surface area contributed by atoms with Crippen LogP contribution < -0.4 is 11.1 Å². The van der Waals surface area contributed by atoms with Crippen LogP contribution in [0.25, 0.3) is 0 Å². The molecule has 1 atom stereocenters. The van der Waals surface area contributed by atoms with E-state index >= 15 is 0 Å². The minimum Gasteiger partial charge on any atom is -0.399 e. The van der Waals surface area contributed by atoms with Crippen LogP contribution in [0.15, 0.2) is 47.4 Å². The number of nitrogens with two attached hydrogens (primary N) is 1. The number of hydrogen-bond acceptors (Lipinski definition) is 3. The molecule has 0 bridgehead atoms. The zero-order chi connectivity index (χ0) is 16.2. The monoisotopic (exact) mass is 366 g/mol. The first-order chi connectivity index (χ1) is 11.1. The summed E-state index contributed by atoms with van der Waals surface area (Å²) in [7, 11) is 0. The molecule has 24 heavy (non-hydrogen) atoms. The lowest BCUT2D eigenvalue weighted by atomic mass is 10.0. The summed E-state index contributed by atoms with van der Waals surface area (Å²) in [5.74, 6) is 0.578. The van der Waals surface area contributed by atoms with Crippen LogP contribution in [0.1, 0.15) is 30.0 Å². The van der Waals surface area contributed by atoms with E-state index in [0.29, 0.717) is 23.4 Å². The van der Waals surface area contributed by atoms with Crippen molar-refractivity contribution < 1.29 is 9.18 Å². The Hall–Kier alpha value is -1.72. The van der Waals surface area contributed by atoms with Gasteiger partial charge in [-0.3, -0.25) is 4.79 Å². The largest absolute Gasteiger partial charge is 0.399 e. The SMILES string of the molecule is Cl.Nc1ccccc1CCC(=O)NC1CCSc2c(F)cccc21. The number of halogens is 2. The molecule has 2 aromatic carbocycles. The van der Waals surface area contributed by atoms with Crippen molar-refractivity contribution in [1.82, 2.24) is 5.32 Å². The number of para-hydroxylation sites is 1. The second-order valence-corrected chi connectivity index (χ2v) is 6.72. The van der Waals surface area contributed by atoms with Gasteiger partial charge in [0.05, 0.1) is 6.04 Å². The van der Waals surface area contributed by atoms with Crippen LogP contribution in [0, 0.1) is 5.82 Å². The highest BCUT2D eigenvalue weighted by Gasteiger charge is 2.24. The molecule has 1 aliphatic rings. The van der Waals surface area contributed by atoms with Crippen molar-refractivity contribution in [2.75, 3.05) is 11.5 Å². The Bertz CT molecular complexity index is 726.